The lowest BCUT2D eigenvalue weighted by Gasteiger charge is -2.29. The van der Waals surface area contributed by atoms with Gasteiger partial charge in [0, 0.05) is 0 Å². The lowest BCUT2D eigenvalue weighted by molar-refractivity contribution is -0.164. The minimum absolute atomic E-state index is 0.0223. The van der Waals surface area contributed by atoms with Crippen LogP contribution in [0.4, 0.5) is 26.3 Å². The van der Waals surface area contributed by atoms with Crippen molar-refractivity contribution in [3.63, 3.8) is 0 Å². The first-order valence-electron chi connectivity index (χ1n) is 9.06. The van der Waals surface area contributed by atoms with E-state index in [1.807, 2.05) is 0 Å². The van der Waals surface area contributed by atoms with E-state index in [9.17, 15) is 26.3 Å². The second-order valence-corrected chi connectivity index (χ2v) is 7.00. The van der Waals surface area contributed by atoms with Crippen LogP contribution in [0.5, 0.6) is 11.5 Å². The molecular formula is C19H24F6O2. The van der Waals surface area contributed by atoms with Crippen LogP contribution < -0.4 is 9.47 Å². The summed E-state index contributed by atoms with van der Waals surface area (Å²) in [5.74, 6) is -1.00. The normalized spacial score (nSPS) is 21.2. The zero-order valence-corrected chi connectivity index (χ0v) is 15.3. The van der Waals surface area contributed by atoms with Crippen molar-refractivity contribution in [2.75, 3.05) is 13.7 Å². The van der Waals surface area contributed by atoms with Gasteiger partial charge in [-0.2, -0.15) is 26.3 Å². The lowest BCUT2D eigenvalue weighted by Crippen LogP contribution is -2.23. The first-order chi connectivity index (χ1) is 12.6. The van der Waals surface area contributed by atoms with E-state index in [-0.39, 0.29) is 12.5 Å². The number of methoxy groups -OCH3 is 1. The highest BCUT2D eigenvalue weighted by Gasteiger charge is 2.48. The van der Waals surface area contributed by atoms with Crippen LogP contribution >= 0.6 is 0 Å². The van der Waals surface area contributed by atoms with E-state index < -0.39 is 35.0 Å². The Labute approximate surface area is 154 Å². The van der Waals surface area contributed by atoms with Gasteiger partial charge in [0.2, 0.25) is 0 Å². The molecule has 1 fully saturated rings. The Hall–Kier alpha value is -1.60. The Morgan fingerprint density at radius 2 is 1.33 bits per heavy atom. The summed E-state index contributed by atoms with van der Waals surface area (Å²) in [5.41, 5.74) is -3.67. The molecule has 1 aliphatic carbocycles. The summed E-state index contributed by atoms with van der Waals surface area (Å²) in [5, 5.41) is 0. The zero-order valence-electron chi connectivity index (χ0n) is 15.3. The van der Waals surface area contributed by atoms with Crippen LogP contribution in [0, 0.1) is 11.8 Å². The highest BCUT2D eigenvalue weighted by atomic mass is 19.4. The summed E-state index contributed by atoms with van der Waals surface area (Å²) in [7, 11) is 0.903. The molecule has 0 heterocycles. The number of hydrogen-bond donors (Lipinski definition) is 0. The smallest absolute Gasteiger partial charge is 0.420 e. The molecule has 1 saturated carbocycles. The van der Waals surface area contributed by atoms with Crippen LogP contribution in [0.15, 0.2) is 12.1 Å². The summed E-state index contributed by atoms with van der Waals surface area (Å²) in [6.07, 6.45) is -4.63. The molecule has 0 bridgehead atoms. The predicted molar refractivity (Wildman–Crippen MR) is 88.8 cm³/mol. The fraction of sp³-hybridized carbons (Fsp3) is 0.684. The van der Waals surface area contributed by atoms with Crippen molar-refractivity contribution >= 4 is 0 Å². The minimum Gasteiger partial charge on any atom is -0.496 e. The van der Waals surface area contributed by atoms with E-state index in [2.05, 4.69) is 11.7 Å². The molecule has 0 aliphatic heterocycles. The molecule has 154 valence electrons. The minimum atomic E-state index is -5.21. The van der Waals surface area contributed by atoms with Gasteiger partial charge >= 0.3 is 12.4 Å². The van der Waals surface area contributed by atoms with Gasteiger partial charge in [0.1, 0.15) is 22.6 Å². The van der Waals surface area contributed by atoms with Crippen molar-refractivity contribution in [1.82, 2.24) is 0 Å². The number of ether oxygens (including phenoxy) is 2. The quantitative estimate of drug-likeness (QED) is 0.495. The Morgan fingerprint density at radius 3 is 1.81 bits per heavy atom. The van der Waals surface area contributed by atoms with E-state index in [1.165, 1.54) is 0 Å². The van der Waals surface area contributed by atoms with E-state index in [0.717, 1.165) is 57.8 Å². The molecule has 2 rings (SSSR count). The van der Waals surface area contributed by atoms with E-state index in [4.69, 9.17) is 4.74 Å². The first kappa shape index (κ1) is 21.7. The van der Waals surface area contributed by atoms with Crippen LogP contribution in [0.2, 0.25) is 0 Å². The highest BCUT2D eigenvalue weighted by Crippen LogP contribution is 2.49. The van der Waals surface area contributed by atoms with Gasteiger partial charge in [-0.3, -0.25) is 0 Å². The van der Waals surface area contributed by atoms with Gasteiger partial charge < -0.3 is 9.47 Å². The molecule has 0 spiro atoms. The number of halogens is 6. The van der Waals surface area contributed by atoms with Gasteiger partial charge in [0.25, 0.3) is 0 Å². The monoisotopic (exact) mass is 398 g/mol. The molecule has 0 N–H and O–H groups in total. The third-order valence-corrected chi connectivity index (χ3v) is 5.05. The average molecular weight is 398 g/mol. The standard InChI is InChI=1S/C19H24F6O2/c1-3-4-12-5-7-13(8-6-12)11-27-15-10-9-14(26-2)16(18(20,21)22)17(15)19(23,24)25/h9-10,12-13H,3-8,11H2,1-2H3. The SMILES string of the molecule is CCCC1CCC(COc2ccc(OC)c(C(F)(F)F)c2C(F)(F)F)CC1. The van der Waals surface area contributed by atoms with Crippen LogP contribution in [0.3, 0.4) is 0 Å². The second-order valence-electron chi connectivity index (χ2n) is 7.00. The van der Waals surface area contributed by atoms with Gasteiger partial charge in [-0.05, 0) is 36.8 Å². The van der Waals surface area contributed by atoms with Crippen LogP contribution in [0.1, 0.15) is 56.6 Å². The third-order valence-electron chi connectivity index (χ3n) is 5.05. The van der Waals surface area contributed by atoms with Gasteiger partial charge in [-0.25, -0.2) is 0 Å². The van der Waals surface area contributed by atoms with Crippen molar-refractivity contribution in [1.29, 1.82) is 0 Å². The van der Waals surface area contributed by atoms with E-state index in [0.29, 0.717) is 5.92 Å². The number of alkyl halides is 6. The summed E-state index contributed by atoms with van der Waals surface area (Å²) in [6.45, 7) is 2.08. The van der Waals surface area contributed by atoms with Gasteiger partial charge in [-0.15, -0.1) is 0 Å². The Morgan fingerprint density at radius 1 is 0.852 bits per heavy atom. The second kappa shape index (κ2) is 8.61. The molecule has 1 aromatic rings. The maximum absolute atomic E-state index is 13.4. The summed E-state index contributed by atoms with van der Waals surface area (Å²) in [4.78, 5) is 0. The largest absolute Gasteiger partial charge is 0.496 e. The molecule has 0 atom stereocenters. The highest BCUT2D eigenvalue weighted by molar-refractivity contribution is 5.52. The maximum Gasteiger partial charge on any atom is 0.420 e. The molecule has 27 heavy (non-hydrogen) atoms. The molecule has 1 aromatic carbocycles. The van der Waals surface area contributed by atoms with Crippen LogP contribution in [-0.4, -0.2) is 13.7 Å². The Balaban J connectivity index is 2.22. The van der Waals surface area contributed by atoms with Crippen molar-refractivity contribution in [2.45, 2.75) is 57.8 Å². The molecular weight excluding hydrogens is 374 g/mol. The van der Waals surface area contributed by atoms with E-state index in [1.54, 1.807) is 0 Å². The van der Waals surface area contributed by atoms with E-state index >= 15 is 0 Å². The molecule has 0 saturated heterocycles. The Bertz CT molecular complexity index is 616. The van der Waals surface area contributed by atoms with Crippen molar-refractivity contribution in [2.24, 2.45) is 11.8 Å². The first-order valence-corrected chi connectivity index (χ1v) is 9.06. The summed E-state index contributed by atoms with van der Waals surface area (Å²) >= 11 is 0. The Kier molecular flexibility index (Phi) is 6.92. The number of hydrogen-bond acceptors (Lipinski definition) is 2. The van der Waals surface area contributed by atoms with Crippen molar-refractivity contribution in [3.05, 3.63) is 23.3 Å². The fourth-order valence-corrected chi connectivity index (χ4v) is 3.72. The predicted octanol–water partition coefficient (Wildman–Crippen LogP) is 6.72. The zero-order chi connectivity index (χ0) is 20.2. The van der Waals surface area contributed by atoms with Crippen LogP contribution in [0.25, 0.3) is 0 Å². The lowest BCUT2D eigenvalue weighted by atomic mass is 9.80. The van der Waals surface area contributed by atoms with Gasteiger partial charge in [0.15, 0.2) is 0 Å². The summed E-state index contributed by atoms with van der Waals surface area (Å²) < 4.78 is 89.9. The van der Waals surface area contributed by atoms with Crippen LogP contribution in [-0.2, 0) is 12.4 Å². The topological polar surface area (TPSA) is 18.5 Å². The van der Waals surface area contributed by atoms with Gasteiger partial charge in [-0.1, -0.05) is 32.6 Å². The molecule has 0 radical (unpaired) electrons. The molecule has 0 amide bonds. The number of benzene rings is 1. The molecule has 1 aliphatic rings. The average Bonchev–Trinajstić information content (AvgIpc) is 2.59. The molecule has 0 unspecified atom stereocenters. The van der Waals surface area contributed by atoms with Crippen molar-refractivity contribution in [3.8, 4) is 11.5 Å². The maximum atomic E-state index is 13.4. The fourth-order valence-electron chi connectivity index (χ4n) is 3.72. The molecule has 2 nitrogen and oxygen atoms in total. The number of rotatable bonds is 6. The van der Waals surface area contributed by atoms with Crippen molar-refractivity contribution < 1.29 is 35.8 Å². The third kappa shape index (κ3) is 5.45. The van der Waals surface area contributed by atoms with Gasteiger partial charge in [0.05, 0.1) is 13.7 Å². The molecule has 0 aromatic heterocycles. The molecule has 8 heteroatoms. The summed E-state index contributed by atoms with van der Waals surface area (Å²) in [6, 6.07) is 1.77.